The molecule has 0 radical (unpaired) electrons. The van der Waals surface area contributed by atoms with Crippen LogP contribution in [0.25, 0.3) is 5.69 Å². The van der Waals surface area contributed by atoms with Crippen molar-refractivity contribution in [3.05, 3.63) is 82.3 Å². The normalized spacial score (nSPS) is 17.0. The summed E-state index contributed by atoms with van der Waals surface area (Å²) in [4.78, 5) is 25.2. The van der Waals surface area contributed by atoms with Crippen LogP contribution in [0.3, 0.4) is 0 Å². The lowest BCUT2D eigenvalue weighted by Crippen LogP contribution is -2.41. The van der Waals surface area contributed by atoms with E-state index in [0.29, 0.717) is 12.2 Å². The van der Waals surface area contributed by atoms with E-state index in [-0.39, 0.29) is 16.6 Å². The Hall–Kier alpha value is -3.30. The van der Waals surface area contributed by atoms with Gasteiger partial charge in [0.05, 0.1) is 10.6 Å². The number of carbonyl (C=O) groups is 1. The molecule has 1 saturated heterocycles. The summed E-state index contributed by atoms with van der Waals surface area (Å²) in [5.41, 5.74) is 1.36. The van der Waals surface area contributed by atoms with Crippen molar-refractivity contribution in [3.8, 4) is 5.69 Å². The number of aromatic nitrogens is 2. The summed E-state index contributed by atoms with van der Waals surface area (Å²) in [7, 11) is -3.60. The van der Waals surface area contributed by atoms with E-state index in [1.54, 1.807) is 0 Å². The molecule has 1 fully saturated rings. The number of benzene rings is 2. The van der Waals surface area contributed by atoms with E-state index in [1.165, 1.54) is 45.5 Å². The molecule has 3 aromatic rings. The average molecular weight is 467 g/mol. The fraction of sp³-hybridized carbons (Fsp3) is 0.292. The van der Waals surface area contributed by atoms with E-state index in [0.717, 1.165) is 30.5 Å². The van der Waals surface area contributed by atoms with Crippen LogP contribution in [0.2, 0.25) is 0 Å². The quantitative estimate of drug-likeness (QED) is 0.621. The van der Waals surface area contributed by atoms with E-state index in [9.17, 15) is 18.0 Å². The molecule has 1 amide bonds. The van der Waals surface area contributed by atoms with Crippen LogP contribution in [0.5, 0.6) is 0 Å². The molecule has 9 heteroatoms. The predicted octanol–water partition coefficient (Wildman–Crippen LogP) is 3.36. The van der Waals surface area contributed by atoms with Crippen LogP contribution in [0.1, 0.15) is 42.2 Å². The van der Waals surface area contributed by atoms with Crippen molar-refractivity contribution in [2.24, 2.45) is 0 Å². The van der Waals surface area contributed by atoms with Gasteiger partial charge in [-0.2, -0.15) is 9.40 Å². The molecule has 1 aromatic heterocycles. The second-order valence-electron chi connectivity index (χ2n) is 8.25. The molecule has 1 aliphatic rings. The Bertz CT molecular complexity index is 1330. The molecule has 0 unspecified atom stereocenters. The Morgan fingerprint density at radius 3 is 2.55 bits per heavy atom. The molecule has 8 nitrogen and oxygen atoms in total. The first-order valence-electron chi connectivity index (χ1n) is 10.9. The molecule has 0 bridgehead atoms. The summed E-state index contributed by atoms with van der Waals surface area (Å²) in [6.07, 6.45) is 4.23. The summed E-state index contributed by atoms with van der Waals surface area (Å²) in [6, 6.07) is 14.7. The second kappa shape index (κ2) is 9.29. The van der Waals surface area contributed by atoms with Gasteiger partial charge in [0.2, 0.25) is 15.5 Å². The minimum atomic E-state index is -3.60. The number of nitrogens with zero attached hydrogens (tertiary/aromatic N) is 3. The molecule has 1 aliphatic heterocycles. The summed E-state index contributed by atoms with van der Waals surface area (Å²) in [5, 5.41) is 6.83. The summed E-state index contributed by atoms with van der Waals surface area (Å²) >= 11 is 0. The van der Waals surface area contributed by atoms with E-state index < -0.39 is 21.4 Å². The third-order valence-corrected chi connectivity index (χ3v) is 7.78. The predicted molar refractivity (Wildman–Crippen MR) is 126 cm³/mol. The van der Waals surface area contributed by atoms with Crippen molar-refractivity contribution in [1.82, 2.24) is 14.1 Å². The first-order chi connectivity index (χ1) is 15.8. The highest BCUT2D eigenvalue weighted by molar-refractivity contribution is 7.89. The fourth-order valence-corrected chi connectivity index (χ4v) is 5.64. The first kappa shape index (κ1) is 22.9. The Kier molecular flexibility index (Phi) is 6.44. The number of sulfonamides is 1. The Morgan fingerprint density at radius 1 is 1.09 bits per heavy atom. The van der Waals surface area contributed by atoms with E-state index in [1.807, 2.05) is 38.1 Å². The number of rotatable bonds is 5. The molecule has 172 valence electrons. The van der Waals surface area contributed by atoms with Gasteiger partial charge in [-0.05, 0) is 68.7 Å². The number of aryl methyl sites for hydroxylation is 1. The van der Waals surface area contributed by atoms with Crippen LogP contribution >= 0.6 is 0 Å². The van der Waals surface area contributed by atoms with Crippen LogP contribution in [0.4, 0.5) is 5.69 Å². The van der Waals surface area contributed by atoms with Gasteiger partial charge in [0.1, 0.15) is 0 Å². The maximum atomic E-state index is 13.0. The molecule has 0 spiro atoms. The molecule has 0 aliphatic carbocycles. The Balaban J connectivity index is 1.54. The molecular formula is C24H26N4O4S. The van der Waals surface area contributed by atoms with Gasteiger partial charge in [-0.15, -0.1) is 0 Å². The number of amides is 1. The maximum absolute atomic E-state index is 13.0. The zero-order valence-electron chi connectivity index (χ0n) is 18.6. The monoisotopic (exact) mass is 466 g/mol. The van der Waals surface area contributed by atoms with Gasteiger partial charge in [0.25, 0.3) is 5.91 Å². The lowest BCUT2D eigenvalue weighted by Gasteiger charge is -2.32. The average Bonchev–Trinajstić information content (AvgIpc) is 2.80. The Labute approximate surface area is 192 Å². The van der Waals surface area contributed by atoms with Gasteiger partial charge in [-0.3, -0.25) is 9.59 Å². The van der Waals surface area contributed by atoms with Crippen molar-refractivity contribution in [2.75, 3.05) is 11.9 Å². The van der Waals surface area contributed by atoms with Gasteiger partial charge < -0.3 is 5.32 Å². The van der Waals surface area contributed by atoms with Crippen molar-refractivity contribution in [2.45, 2.75) is 44.0 Å². The number of carbonyl (C=O) groups excluding carboxylic acids is 1. The van der Waals surface area contributed by atoms with Crippen LogP contribution in [0.15, 0.2) is 70.5 Å². The highest BCUT2D eigenvalue weighted by Crippen LogP contribution is 2.26. The van der Waals surface area contributed by atoms with Crippen LogP contribution in [-0.4, -0.2) is 41.0 Å². The smallest absolute Gasteiger partial charge is 0.280 e. The van der Waals surface area contributed by atoms with E-state index in [2.05, 4.69) is 10.4 Å². The minimum absolute atomic E-state index is 0.0390. The number of piperidine rings is 1. The minimum Gasteiger partial charge on any atom is -0.320 e. The van der Waals surface area contributed by atoms with Crippen LogP contribution < -0.4 is 10.7 Å². The van der Waals surface area contributed by atoms with E-state index in [4.69, 9.17) is 0 Å². The number of hydrogen-bond donors (Lipinski definition) is 1. The van der Waals surface area contributed by atoms with E-state index >= 15 is 0 Å². The standard InChI is InChI=1S/C24H26N4O4S/c1-17-6-5-8-20(16-17)27-15-13-22(29)23(26-27)24(30)25-19-9-11-21(12-10-19)33(31,32)28-14-4-3-7-18(28)2/h5-6,8-13,15-16,18H,3-4,7,14H2,1-2H3,(H,25,30)/t18-/m0/s1. The molecule has 2 aromatic carbocycles. The van der Waals surface area contributed by atoms with Crippen molar-refractivity contribution in [3.63, 3.8) is 0 Å². The first-order valence-corrected chi connectivity index (χ1v) is 12.3. The molecule has 1 N–H and O–H groups in total. The van der Waals surface area contributed by atoms with Crippen molar-refractivity contribution >= 4 is 21.6 Å². The zero-order valence-corrected chi connectivity index (χ0v) is 19.4. The summed E-state index contributed by atoms with van der Waals surface area (Å²) in [5.74, 6) is -0.665. The van der Waals surface area contributed by atoms with Crippen molar-refractivity contribution in [1.29, 1.82) is 0 Å². The molecule has 0 saturated carbocycles. The number of hydrogen-bond acceptors (Lipinski definition) is 5. The molecule has 2 heterocycles. The highest BCUT2D eigenvalue weighted by Gasteiger charge is 2.30. The lowest BCUT2D eigenvalue weighted by atomic mass is 10.1. The third kappa shape index (κ3) is 4.89. The molecular weight excluding hydrogens is 440 g/mol. The highest BCUT2D eigenvalue weighted by atomic mass is 32.2. The largest absolute Gasteiger partial charge is 0.320 e. The number of anilines is 1. The molecule has 1 atom stereocenters. The SMILES string of the molecule is Cc1cccc(-n2ccc(=O)c(C(=O)Nc3ccc(S(=O)(=O)N4CCCC[C@@H]4C)cc3)n2)c1. The van der Waals surface area contributed by atoms with Crippen molar-refractivity contribution < 1.29 is 13.2 Å². The summed E-state index contributed by atoms with van der Waals surface area (Å²) in [6.45, 7) is 4.37. The second-order valence-corrected chi connectivity index (χ2v) is 10.1. The summed E-state index contributed by atoms with van der Waals surface area (Å²) < 4.78 is 29.0. The van der Waals surface area contributed by atoms with Gasteiger partial charge in [0.15, 0.2) is 5.69 Å². The maximum Gasteiger partial charge on any atom is 0.280 e. The molecule has 4 rings (SSSR count). The van der Waals surface area contributed by atoms with Gasteiger partial charge >= 0.3 is 0 Å². The topological polar surface area (TPSA) is 101 Å². The lowest BCUT2D eigenvalue weighted by molar-refractivity contribution is 0.101. The Morgan fingerprint density at radius 2 is 1.85 bits per heavy atom. The fourth-order valence-electron chi connectivity index (χ4n) is 3.94. The van der Waals surface area contributed by atoms with Crippen LogP contribution in [0, 0.1) is 6.92 Å². The van der Waals surface area contributed by atoms with Crippen LogP contribution in [-0.2, 0) is 10.0 Å². The van der Waals surface area contributed by atoms with Gasteiger partial charge in [-0.1, -0.05) is 18.6 Å². The molecule has 33 heavy (non-hydrogen) atoms. The van der Waals surface area contributed by atoms with Gasteiger partial charge in [0, 0.05) is 30.5 Å². The van der Waals surface area contributed by atoms with Gasteiger partial charge in [-0.25, -0.2) is 13.1 Å². The number of nitrogens with one attached hydrogen (secondary N) is 1. The third-order valence-electron chi connectivity index (χ3n) is 5.75. The zero-order chi connectivity index (χ0) is 23.6.